The Hall–Kier alpha value is -3.75. The van der Waals surface area contributed by atoms with Crippen LogP contribution in [0.3, 0.4) is 0 Å². The summed E-state index contributed by atoms with van der Waals surface area (Å²) in [4.78, 5) is 36.1. The van der Waals surface area contributed by atoms with Gasteiger partial charge >= 0.3 is 5.97 Å². The fraction of sp³-hybridized carbons (Fsp3) is 0.222. The van der Waals surface area contributed by atoms with Gasteiger partial charge in [-0.25, -0.2) is 0 Å². The highest BCUT2D eigenvalue weighted by Gasteiger charge is 2.10. The Morgan fingerprint density at radius 1 is 0.784 bits per heavy atom. The van der Waals surface area contributed by atoms with Crippen molar-refractivity contribution in [2.75, 3.05) is 23.8 Å². The number of halogens is 2. The Morgan fingerprint density at radius 2 is 1.41 bits per heavy atom. The molecule has 0 aliphatic heterocycles. The molecular weight excluding hydrogens is 519 g/mol. The Kier molecular flexibility index (Phi) is 10.6. The molecule has 3 aromatic rings. The molecule has 10 heteroatoms. The second kappa shape index (κ2) is 14.1. The Labute approximate surface area is 224 Å². The summed E-state index contributed by atoms with van der Waals surface area (Å²) in [5, 5.41) is 6.28. The van der Waals surface area contributed by atoms with Crippen molar-refractivity contribution < 1.29 is 28.6 Å². The van der Waals surface area contributed by atoms with E-state index < -0.39 is 18.5 Å². The van der Waals surface area contributed by atoms with Crippen molar-refractivity contribution in [2.24, 2.45) is 0 Å². The number of carbonyl (C=O) groups is 3. The van der Waals surface area contributed by atoms with E-state index in [0.29, 0.717) is 45.3 Å². The van der Waals surface area contributed by atoms with Gasteiger partial charge in [-0.2, -0.15) is 0 Å². The van der Waals surface area contributed by atoms with E-state index >= 15 is 0 Å². The number of carbonyl (C=O) groups excluding carboxylic acids is 3. The highest BCUT2D eigenvalue weighted by Crippen LogP contribution is 2.32. The summed E-state index contributed by atoms with van der Waals surface area (Å²) in [6.07, 6.45) is 0.409. The average molecular weight is 545 g/mol. The molecule has 0 aliphatic carbocycles. The SMILES string of the molecule is CCOc1ccc(NC(=O)COC(=O)CCCC(=O)Nc2ccc(Oc3ccc(Cl)cc3Cl)cc2)cc1. The molecule has 0 aromatic heterocycles. The van der Waals surface area contributed by atoms with Gasteiger partial charge in [-0.3, -0.25) is 14.4 Å². The summed E-state index contributed by atoms with van der Waals surface area (Å²) >= 11 is 12.0. The van der Waals surface area contributed by atoms with E-state index in [0.717, 1.165) is 0 Å². The monoisotopic (exact) mass is 544 g/mol. The smallest absolute Gasteiger partial charge is 0.306 e. The van der Waals surface area contributed by atoms with Crippen LogP contribution in [0.4, 0.5) is 11.4 Å². The number of amides is 2. The van der Waals surface area contributed by atoms with E-state index in [1.165, 1.54) is 0 Å². The molecule has 0 unspecified atom stereocenters. The number of nitrogens with one attached hydrogen (secondary N) is 2. The summed E-state index contributed by atoms with van der Waals surface area (Å²) < 4.78 is 16.0. The van der Waals surface area contributed by atoms with Gasteiger partial charge in [-0.15, -0.1) is 0 Å². The van der Waals surface area contributed by atoms with Crippen LogP contribution in [0.2, 0.25) is 10.0 Å². The normalized spacial score (nSPS) is 10.4. The minimum Gasteiger partial charge on any atom is -0.494 e. The maximum absolute atomic E-state index is 12.2. The van der Waals surface area contributed by atoms with Gasteiger partial charge in [0.2, 0.25) is 5.91 Å². The molecule has 0 heterocycles. The van der Waals surface area contributed by atoms with Crippen LogP contribution < -0.4 is 20.1 Å². The summed E-state index contributed by atoms with van der Waals surface area (Å²) in [5.41, 5.74) is 1.14. The van der Waals surface area contributed by atoms with Crippen LogP contribution >= 0.6 is 23.2 Å². The van der Waals surface area contributed by atoms with E-state index in [1.54, 1.807) is 66.7 Å². The van der Waals surface area contributed by atoms with Crippen LogP contribution in [0.25, 0.3) is 0 Å². The number of benzene rings is 3. The zero-order chi connectivity index (χ0) is 26.6. The first-order valence-corrected chi connectivity index (χ1v) is 12.3. The van der Waals surface area contributed by atoms with Crippen LogP contribution in [0, 0.1) is 0 Å². The van der Waals surface area contributed by atoms with Crippen molar-refractivity contribution in [1.29, 1.82) is 0 Å². The Balaban J connectivity index is 1.32. The van der Waals surface area contributed by atoms with Gasteiger partial charge in [-0.1, -0.05) is 23.2 Å². The third-order valence-electron chi connectivity index (χ3n) is 4.86. The van der Waals surface area contributed by atoms with E-state index in [1.807, 2.05) is 6.92 Å². The number of rotatable bonds is 12. The van der Waals surface area contributed by atoms with Crippen molar-refractivity contribution in [3.63, 3.8) is 0 Å². The number of anilines is 2. The quantitative estimate of drug-likeness (QED) is 0.253. The van der Waals surface area contributed by atoms with E-state index in [4.69, 9.17) is 37.4 Å². The molecule has 37 heavy (non-hydrogen) atoms. The van der Waals surface area contributed by atoms with Crippen LogP contribution in [-0.2, 0) is 19.1 Å². The van der Waals surface area contributed by atoms with Crippen molar-refractivity contribution in [3.8, 4) is 17.2 Å². The van der Waals surface area contributed by atoms with Gasteiger partial charge in [0.25, 0.3) is 5.91 Å². The Bertz CT molecular complexity index is 1220. The van der Waals surface area contributed by atoms with Crippen molar-refractivity contribution in [3.05, 3.63) is 76.8 Å². The molecular formula is C27H26Cl2N2O6. The van der Waals surface area contributed by atoms with Gasteiger partial charge in [-0.05, 0) is 80.1 Å². The van der Waals surface area contributed by atoms with Crippen LogP contribution in [0.1, 0.15) is 26.2 Å². The van der Waals surface area contributed by atoms with Crippen molar-refractivity contribution >= 4 is 52.4 Å². The topological polar surface area (TPSA) is 103 Å². The van der Waals surface area contributed by atoms with Gasteiger partial charge in [0.15, 0.2) is 6.61 Å². The summed E-state index contributed by atoms with van der Waals surface area (Å²) in [6.45, 7) is 2.02. The zero-order valence-corrected chi connectivity index (χ0v) is 21.6. The standard InChI is InChI=1S/C27H26Cl2N2O6/c1-2-35-21-11-7-20(8-12-21)31-26(33)17-36-27(34)5-3-4-25(32)30-19-9-13-22(14-10-19)37-24-15-6-18(28)16-23(24)29/h6-16H,2-5,17H2,1H3,(H,30,32)(H,31,33). The molecule has 0 fully saturated rings. The molecule has 0 spiro atoms. The predicted molar refractivity (Wildman–Crippen MR) is 143 cm³/mol. The summed E-state index contributed by atoms with van der Waals surface area (Å²) in [7, 11) is 0. The van der Waals surface area contributed by atoms with Crippen LogP contribution in [0.5, 0.6) is 17.2 Å². The highest BCUT2D eigenvalue weighted by molar-refractivity contribution is 6.35. The summed E-state index contributed by atoms with van der Waals surface area (Å²) in [5.74, 6) is 0.426. The zero-order valence-electron chi connectivity index (χ0n) is 20.1. The van der Waals surface area contributed by atoms with Crippen LogP contribution in [0.15, 0.2) is 66.7 Å². The molecule has 0 bridgehead atoms. The maximum Gasteiger partial charge on any atom is 0.306 e. The van der Waals surface area contributed by atoms with Gasteiger partial charge in [0.05, 0.1) is 11.6 Å². The van der Waals surface area contributed by atoms with Gasteiger partial charge in [0.1, 0.15) is 17.2 Å². The minimum atomic E-state index is -0.558. The fourth-order valence-electron chi connectivity index (χ4n) is 3.12. The number of ether oxygens (including phenoxy) is 3. The molecule has 0 saturated carbocycles. The van der Waals surface area contributed by atoms with Gasteiger partial charge < -0.3 is 24.8 Å². The first-order valence-electron chi connectivity index (χ1n) is 11.5. The lowest BCUT2D eigenvalue weighted by molar-refractivity contribution is -0.147. The van der Waals surface area contributed by atoms with E-state index in [2.05, 4.69) is 10.6 Å². The second-order valence-electron chi connectivity index (χ2n) is 7.77. The lowest BCUT2D eigenvalue weighted by atomic mass is 10.2. The first-order chi connectivity index (χ1) is 17.8. The fourth-order valence-corrected chi connectivity index (χ4v) is 3.57. The third-order valence-corrected chi connectivity index (χ3v) is 5.39. The third kappa shape index (κ3) is 9.67. The molecule has 0 radical (unpaired) electrons. The van der Waals surface area contributed by atoms with Gasteiger partial charge in [0, 0.05) is 29.2 Å². The molecule has 8 nitrogen and oxygen atoms in total. The first kappa shape index (κ1) is 27.8. The largest absolute Gasteiger partial charge is 0.494 e. The molecule has 2 N–H and O–H groups in total. The lowest BCUT2D eigenvalue weighted by Gasteiger charge is -2.10. The average Bonchev–Trinajstić information content (AvgIpc) is 2.87. The minimum absolute atomic E-state index is 0.0123. The molecule has 3 aromatic carbocycles. The lowest BCUT2D eigenvalue weighted by Crippen LogP contribution is -2.21. The van der Waals surface area contributed by atoms with E-state index in [9.17, 15) is 14.4 Å². The van der Waals surface area contributed by atoms with E-state index in [-0.39, 0.29) is 25.2 Å². The predicted octanol–water partition coefficient (Wildman–Crippen LogP) is 6.48. The molecule has 194 valence electrons. The number of esters is 1. The molecule has 0 aliphatic rings. The summed E-state index contributed by atoms with van der Waals surface area (Å²) in [6, 6.07) is 18.5. The van der Waals surface area contributed by atoms with Crippen LogP contribution in [-0.4, -0.2) is 31.0 Å². The maximum atomic E-state index is 12.2. The molecule has 2 amide bonds. The second-order valence-corrected chi connectivity index (χ2v) is 8.61. The van der Waals surface area contributed by atoms with Crippen molar-refractivity contribution in [1.82, 2.24) is 0 Å². The number of hydrogen-bond acceptors (Lipinski definition) is 6. The molecule has 3 rings (SSSR count). The highest BCUT2D eigenvalue weighted by atomic mass is 35.5. The number of hydrogen-bond donors (Lipinski definition) is 2. The Morgan fingerprint density at radius 3 is 2.03 bits per heavy atom. The molecule has 0 atom stereocenters. The van der Waals surface area contributed by atoms with Crippen molar-refractivity contribution in [2.45, 2.75) is 26.2 Å². The molecule has 0 saturated heterocycles.